The highest BCUT2D eigenvalue weighted by Crippen LogP contribution is 2.28. The van der Waals surface area contributed by atoms with Gasteiger partial charge in [-0.2, -0.15) is 0 Å². The number of hydrogen-bond acceptors (Lipinski definition) is 4. The van der Waals surface area contributed by atoms with Crippen LogP contribution in [-0.4, -0.2) is 51.2 Å². The largest absolute Gasteiger partial charge is 0.493 e. The summed E-state index contributed by atoms with van der Waals surface area (Å²) in [6.45, 7) is 1.72. The van der Waals surface area contributed by atoms with Gasteiger partial charge in [-0.05, 0) is 37.6 Å². The van der Waals surface area contributed by atoms with Crippen LogP contribution in [0.4, 0.5) is 0 Å². The lowest BCUT2D eigenvalue weighted by Crippen LogP contribution is -2.41. The van der Waals surface area contributed by atoms with Gasteiger partial charge >= 0.3 is 0 Å². The molecular weight excluding hydrogens is 304 g/mol. The fraction of sp³-hybridized carbons (Fsp3) is 0.562. The van der Waals surface area contributed by atoms with Gasteiger partial charge in [-0.15, -0.1) is 12.4 Å². The van der Waals surface area contributed by atoms with E-state index in [1.165, 1.54) is 0 Å². The first-order chi connectivity index (χ1) is 10.2. The molecule has 1 saturated heterocycles. The summed E-state index contributed by atoms with van der Waals surface area (Å²) in [5.74, 6) is 1.53. The van der Waals surface area contributed by atoms with Crippen molar-refractivity contribution < 1.29 is 14.3 Å². The van der Waals surface area contributed by atoms with E-state index in [0.29, 0.717) is 24.0 Å². The van der Waals surface area contributed by atoms with Crippen molar-refractivity contribution in [2.24, 2.45) is 0 Å². The molecule has 1 atom stereocenters. The first-order valence-electron chi connectivity index (χ1n) is 7.34. The Balaban J connectivity index is 0.00000242. The standard InChI is InChI=1S/C16H24N2O3.ClH/c1-17-11-13-5-4-8-18(13)16(19)10-12-6-7-14(20-2)15(9-12)21-3;/h6-7,9,13,17H,4-5,8,10-11H2,1-3H3;1H. The molecule has 0 bridgehead atoms. The van der Waals surface area contributed by atoms with Crippen LogP contribution in [-0.2, 0) is 11.2 Å². The third-order valence-electron chi connectivity index (χ3n) is 3.94. The molecule has 1 aliphatic heterocycles. The summed E-state index contributed by atoms with van der Waals surface area (Å²) in [7, 11) is 5.14. The number of carbonyl (C=O) groups excluding carboxylic acids is 1. The number of likely N-dealkylation sites (tertiary alicyclic amines) is 1. The van der Waals surface area contributed by atoms with Crippen molar-refractivity contribution in [3.8, 4) is 11.5 Å². The van der Waals surface area contributed by atoms with Gasteiger partial charge in [0.1, 0.15) is 0 Å². The van der Waals surface area contributed by atoms with Crippen LogP contribution in [0.3, 0.4) is 0 Å². The zero-order valence-electron chi connectivity index (χ0n) is 13.4. The van der Waals surface area contributed by atoms with E-state index in [1.54, 1.807) is 14.2 Å². The Labute approximate surface area is 138 Å². The minimum Gasteiger partial charge on any atom is -0.493 e. The molecule has 1 aliphatic rings. The van der Waals surface area contributed by atoms with Gasteiger partial charge < -0.3 is 19.7 Å². The highest BCUT2D eigenvalue weighted by Gasteiger charge is 2.27. The number of halogens is 1. The molecule has 124 valence electrons. The number of amides is 1. The predicted molar refractivity (Wildman–Crippen MR) is 89.2 cm³/mol. The van der Waals surface area contributed by atoms with Gasteiger partial charge in [0.25, 0.3) is 0 Å². The summed E-state index contributed by atoms with van der Waals surface area (Å²) in [5.41, 5.74) is 0.952. The van der Waals surface area contributed by atoms with Crippen LogP contribution in [0.5, 0.6) is 11.5 Å². The first kappa shape index (κ1) is 18.6. The molecular formula is C16H25ClN2O3. The Hall–Kier alpha value is -1.46. The van der Waals surface area contributed by atoms with Crippen LogP contribution in [0, 0.1) is 0 Å². The highest BCUT2D eigenvalue weighted by molar-refractivity contribution is 5.85. The maximum absolute atomic E-state index is 12.5. The van der Waals surface area contributed by atoms with Gasteiger partial charge in [-0.1, -0.05) is 6.07 Å². The smallest absolute Gasteiger partial charge is 0.227 e. The number of rotatable bonds is 6. The van der Waals surface area contributed by atoms with E-state index in [1.807, 2.05) is 30.1 Å². The number of hydrogen-bond donors (Lipinski definition) is 1. The number of benzene rings is 1. The van der Waals surface area contributed by atoms with Crippen molar-refractivity contribution >= 4 is 18.3 Å². The van der Waals surface area contributed by atoms with Crippen LogP contribution in [0.2, 0.25) is 0 Å². The van der Waals surface area contributed by atoms with E-state index in [9.17, 15) is 4.79 Å². The second-order valence-corrected chi connectivity index (χ2v) is 5.31. The Morgan fingerprint density at radius 1 is 1.32 bits per heavy atom. The maximum atomic E-state index is 12.5. The molecule has 1 heterocycles. The van der Waals surface area contributed by atoms with E-state index in [-0.39, 0.29) is 18.3 Å². The molecule has 2 rings (SSSR count). The Morgan fingerprint density at radius 2 is 2.05 bits per heavy atom. The molecule has 0 saturated carbocycles. The minimum absolute atomic E-state index is 0. The molecule has 1 fully saturated rings. The van der Waals surface area contributed by atoms with E-state index < -0.39 is 0 Å². The molecule has 1 unspecified atom stereocenters. The summed E-state index contributed by atoms with van der Waals surface area (Å²) in [6, 6.07) is 5.96. The zero-order valence-corrected chi connectivity index (χ0v) is 14.2. The van der Waals surface area contributed by atoms with Crippen molar-refractivity contribution in [2.75, 3.05) is 34.4 Å². The molecule has 1 aromatic carbocycles. The molecule has 0 radical (unpaired) electrons. The number of ether oxygens (including phenoxy) is 2. The molecule has 0 aliphatic carbocycles. The Kier molecular flexibility index (Phi) is 7.48. The molecule has 1 amide bonds. The average Bonchev–Trinajstić information content (AvgIpc) is 2.96. The van der Waals surface area contributed by atoms with Crippen molar-refractivity contribution in [1.82, 2.24) is 10.2 Å². The van der Waals surface area contributed by atoms with Gasteiger partial charge in [0, 0.05) is 19.1 Å². The zero-order chi connectivity index (χ0) is 15.2. The predicted octanol–water partition coefficient (Wildman–Crippen LogP) is 1.88. The number of nitrogens with zero attached hydrogens (tertiary/aromatic N) is 1. The van der Waals surface area contributed by atoms with Gasteiger partial charge in [-0.3, -0.25) is 4.79 Å². The summed E-state index contributed by atoms with van der Waals surface area (Å²) >= 11 is 0. The lowest BCUT2D eigenvalue weighted by molar-refractivity contribution is -0.131. The van der Waals surface area contributed by atoms with E-state index >= 15 is 0 Å². The van der Waals surface area contributed by atoms with Crippen LogP contribution in [0.25, 0.3) is 0 Å². The number of likely N-dealkylation sites (N-methyl/N-ethyl adjacent to an activating group) is 1. The number of nitrogens with one attached hydrogen (secondary N) is 1. The van der Waals surface area contributed by atoms with Gasteiger partial charge in [0.15, 0.2) is 11.5 Å². The van der Waals surface area contributed by atoms with E-state index in [4.69, 9.17) is 9.47 Å². The summed E-state index contributed by atoms with van der Waals surface area (Å²) < 4.78 is 10.5. The molecule has 6 heteroatoms. The second-order valence-electron chi connectivity index (χ2n) is 5.31. The van der Waals surface area contributed by atoms with E-state index in [0.717, 1.165) is 31.5 Å². The molecule has 0 spiro atoms. The minimum atomic E-state index is 0. The highest BCUT2D eigenvalue weighted by atomic mass is 35.5. The molecule has 1 aromatic rings. The molecule has 0 aromatic heterocycles. The summed E-state index contributed by atoms with van der Waals surface area (Å²) in [6.07, 6.45) is 2.57. The van der Waals surface area contributed by atoms with Gasteiger partial charge in [-0.25, -0.2) is 0 Å². The number of carbonyl (C=O) groups is 1. The van der Waals surface area contributed by atoms with Gasteiger partial charge in [0.05, 0.1) is 20.6 Å². The van der Waals surface area contributed by atoms with Crippen molar-refractivity contribution in [3.05, 3.63) is 23.8 Å². The molecule has 1 N–H and O–H groups in total. The lowest BCUT2D eigenvalue weighted by Gasteiger charge is -2.24. The fourth-order valence-corrected chi connectivity index (χ4v) is 2.88. The summed E-state index contributed by atoms with van der Waals surface area (Å²) in [5, 5.41) is 3.16. The maximum Gasteiger partial charge on any atom is 0.227 e. The van der Waals surface area contributed by atoms with Crippen LogP contribution < -0.4 is 14.8 Å². The Morgan fingerprint density at radius 3 is 2.68 bits per heavy atom. The van der Waals surface area contributed by atoms with Crippen molar-refractivity contribution in [3.63, 3.8) is 0 Å². The normalized spacial score (nSPS) is 17.0. The van der Waals surface area contributed by atoms with Crippen LogP contribution in [0.15, 0.2) is 18.2 Å². The topological polar surface area (TPSA) is 50.8 Å². The molecule has 5 nitrogen and oxygen atoms in total. The Bertz CT molecular complexity index is 496. The summed E-state index contributed by atoms with van der Waals surface area (Å²) in [4.78, 5) is 14.5. The first-order valence-corrected chi connectivity index (χ1v) is 7.34. The fourth-order valence-electron chi connectivity index (χ4n) is 2.88. The van der Waals surface area contributed by atoms with Crippen molar-refractivity contribution in [1.29, 1.82) is 0 Å². The SMILES string of the molecule is CNCC1CCCN1C(=O)Cc1ccc(OC)c(OC)c1.Cl. The van der Waals surface area contributed by atoms with E-state index in [2.05, 4.69) is 5.32 Å². The third kappa shape index (κ3) is 4.27. The van der Waals surface area contributed by atoms with Gasteiger partial charge in [0.2, 0.25) is 5.91 Å². The monoisotopic (exact) mass is 328 g/mol. The average molecular weight is 329 g/mol. The quantitative estimate of drug-likeness (QED) is 0.866. The second kappa shape index (κ2) is 8.86. The molecule has 22 heavy (non-hydrogen) atoms. The lowest BCUT2D eigenvalue weighted by atomic mass is 10.1. The number of methoxy groups -OCH3 is 2. The van der Waals surface area contributed by atoms with Crippen LogP contribution in [0.1, 0.15) is 18.4 Å². The third-order valence-corrected chi connectivity index (χ3v) is 3.94. The van der Waals surface area contributed by atoms with Crippen LogP contribution >= 0.6 is 12.4 Å². The van der Waals surface area contributed by atoms with Crippen molar-refractivity contribution in [2.45, 2.75) is 25.3 Å².